The van der Waals surface area contributed by atoms with Gasteiger partial charge < -0.3 is 5.32 Å². The Hall–Kier alpha value is -5.08. The van der Waals surface area contributed by atoms with Gasteiger partial charge in [-0.15, -0.1) is 6.42 Å². The molecule has 1 aliphatic heterocycles. The smallest absolute Gasteiger partial charge is 0.228 e. The molecule has 1 N–H and O–H groups in total. The predicted octanol–water partition coefficient (Wildman–Crippen LogP) is 8.01. The summed E-state index contributed by atoms with van der Waals surface area (Å²) in [6.45, 7) is 6.80. The summed E-state index contributed by atoms with van der Waals surface area (Å²) in [4.78, 5) is 28.1. The number of terminal acetylenes is 1. The van der Waals surface area contributed by atoms with Crippen LogP contribution in [0.5, 0.6) is 0 Å². The first-order valence-electron chi connectivity index (χ1n) is 17.7. The summed E-state index contributed by atoms with van der Waals surface area (Å²) in [6, 6.07) is 25.6. The molecule has 1 saturated carbocycles. The summed E-state index contributed by atoms with van der Waals surface area (Å²) in [7, 11) is 0. The maximum atomic E-state index is 13.9. The fourth-order valence-corrected chi connectivity index (χ4v) is 7.85. The lowest BCUT2D eigenvalue weighted by Gasteiger charge is -2.33. The second kappa shape index (κ2) is 14.6. The summed E-state index contributed by atoms with van der Waals surface area (Å²) >= 11 is 0. The Morgan fingerprint density at radius 2 is 1.76 bits per heavy atom. The molecule has 5 heteroatoms. The third-order valence-corrected chi connectivity index (χ3v) is 10.5. The van der Waals surface area contributed by atoms with Crippen LogP contribution in [0.15, 0.2) is 102 Å². The largest absolute Gasteiger partial charge is 0.351 e. The quantitative estimate of drug-likeness (QED) is 0.141. The number of benzene rings is 3. The molecule has 2 unspecified atom stereocenters. The minimum Gasteiger partial charge on any atom is -0.351 e. The number of rotatable bonds is 10. The number of carbonyl (C=O) groups is 1. The molecule has 1 fully saturated rings. The Labute approximate surface area is 290 Å². The van der Waals surface area contributed by atoms with Gasteiger partial charge >= 0.3 is 0 Å². The molecule has 3 aliphatic rings. The number of fused-ring (bicyclic) bond motifs is 1. The molecule has 2 aliphatic carbocycles. The molecule has 0 radical (unpaired) electrons. The van der Waals surface area contributed by atoms with E-state index in [2.05, 4.69) is 90.4 Å². The highest BCUT2D eigenvalue weighted by Crippen LogP contribution is 2.40. The van der Waals surface area contributed by atoms with Crippen molar-refractivity contribution in [2.24, 2.45) is 16.8 Å². The van der Waals surface area contributed by atoms with Gasteiger partial charge in [-0.25, -0.2) is 9.97 Å². The Morgan fingerprint density at radius 1 is 0.980 bits per heavy atom. The molecule has 1 aromatic heterocycles. The van der Waals surface area contributed by atoms with E-state index in [0.29, 0.717) is 18.9 Å². The van der Waals surface area contributed by atoms with Crippen LogP contribution >= 0.6 is 0 Å². The average molecular weight is 645 g/mol. The average Bonchev–Trinajstić information content (AvgIpc) is 3.73. The summed E-state index contributed by atoms with van der Waals surface area (Å²) in [6.07, 6.45) is 19.3. The van der Waals surface area contributed by atoms with E-state index >= 15 is 0 Å². The fourth-order valence-electron chi connectivity index (χ4n) is 7.85. The van der Waals surface area contributed by atoms with Gasteiger partial charge in [0.1, 0.15) is 5.82 Å². The van der Waals surface area contributed by atoms with Crippen molar-refractivity contribution in [1.29, 1.82) is 0 Å². The van der Waals surface area contributed by atoms with Crippen LogP contribution in [-0.2, 0) is 37.0 Å². The number of aromatic nitrogens is 2. The Morgan fingerprint density at radius 3 is 2.49 bits per heavy atom. The molecular weight excluding hydrogens is 601 g/mol. The van der Waals surface area contributed by atoms with Crippen molar-refractivity contribution in [3.8, 4) is 12.3 Å². The van der Waals surface area contributed by atoms with Crippen molar-refractivity contribution in [2.75, 3.05) is 0 Å². The zero-order valence-corrected chi connectivity index (χ0v) is 28.4. The van der Waals surface area contributed by atoms with Gasteiger partial charge in [0.25, 0.3) is 0 Å². The maximum absolute atomic E-state index is 13.9. The molecule has 3 aromatic carbocycles. The summed E-state index contributed by atoms with van der Waals surface area (Å²) in [5, 5.41) is 3.26. The molecule has 0 spiro atoms. The van der Waals surface area contributed by atoms with E-state index < -0.39 is 0 Å². The van der Waals surface area contributed by atoms with E-state index in [0.717, 1.165) is 84.3 Å². The highest BCUT2D eigenvalue weighted by atomic mass is 16.1. The third kappa shape index (κ3) is 7.65. The summed E-state index contributed by atoms with van der Waals surface area (Å²) in [5.74, 6) is 4.30. The molecule has 0 bridgehead atoms. The van der Waals surface area contributed by atoms with Crippen molar-refractivity contribution in [2.45, 2.75) is 76.8 Å². The normalized spacial score (nSPS) is 20.4. The lowest BCUT2D eigenvalue weighted by Crippen LogP contribution is -2.35. The molecule has 1 amide bonds. The number of amides is 1. The zero-order chi connectivity index (χ0) is 33.7. The first-order chi connectivity index (χ1) is 23.9. The number of hydrogen-bond acceptors (Lipinski definition) is 4. The van der Waals surface area contributed by atoms with Crippen LogP contribution in [0.1, 0.15) is 89.0 Å². The molecule has 4 aromatic rings. The number of hydrogen-bond donors (Lipinski definition) is 1. The highest BCUT2D eigenvalue weighted by molar-refractivity contribution is 6.11. The molecule has 49 heavy (non-hydrogen) atoms. The van der Waals surface area contributed by atoms with Crippen LogP contribution in [0, 0.1) is 24.2 Å². The van der Waals surface area contributed by atoms with Gasteiger partial charge in [0.2, 0.25) is 5.91 Å². The summed E-state index contributed by atoms with van der Waals surface area (Å²) < 4.78 is 0. The standard InChI is InChI=1S/C44H44N4O/c1-4-34-27-46-42(48-41(34)24-33-12-15-38-20-29(2)21-39(38)23-33)25-31-10-13-36(14-11-31)43(44(49)47-26-32-8-6-5-7-9-32)37-18-16-35(17-19-37)40-22-30(3)45-28-40/h1,5-9,12,15-19,22-23,27-28,30-31,36,43H,2,10-11,13-14,20-21,24-26H2,3H3,(H,47,49). The molecule has 7 rings (SSSR count). The third-order valence-electron chi connectivity index (χ3n) is 10.5. The van der Waals surface area contributed by atoms with Gasteiger partial charge in [-0.2, -0.15) is 0 Å². The molecule has 0 saturated heterocycles. The van der Waals surface area contributed by atoms with Gasteiger partial charge in [-0.05, 0) is 96.2 Å². The second-order valence-electron chi connectivity index (χ2n) is 14.1. The Kier molecular flexibility index (Phi) is 9.66. The van der Waals surface area contributed by atoms with Crippen molar-refractivity contribution in [3.05, 3.63) is 148 Å². The van der Waals surface area contributed by atoms with Crippen LogP contribution in [0.4, 0.5) is 0 Å². The number of allylic oxidation sites excluding steroid dienone is 2. The van der Waals surface area contributed by atoms with E-state index in [1.54, 1.807) is 0 Å². The van der Waals surface area contributed by atoms with Crippen LogP contribution in [-0.4, -0.2) is 28.1 Å². The molecular formula is C44H44N4O. The van der Waals surface area contributed by atoms with Gasteiger partial charge in [-0.1, -0.05) is 96.9 Å². The number of nitrogens with one attached hydrogen (secondary N) is 1. The second-order valence-corrected chi connectivity index (χ2v) is 14.1. The van der Waals surface area contributed by atoms with E-state index in [4.69, 9.17) is 16.4 Å². The number of aliphatic imine (C=N–C) groups is 1. The fraction of sp³-hybridized carbons (Fsp3) is 0.318. The lowest BCUT2D eigenvalue weighted by atomic mass is 9.72. The molecule has 246 valence electrons. The van der Waals surface area contributed by atoms with E-state index in [-0.39, 0.29) is 23.8 Å². The van der Waals surface area contributed by atoms with Crippen molar-refractivity contribution < 1.29 is 4.79 Å². The first-order valence-corrected chi connectivity index (χ1v) is 17.7. The van der Waals surface area contributed by atoms with Crippen molar-refractivity contribution >= 4 is 17.7 Å². The Bertz CT molecular complexity index is 1940. The highest BCUT2D eigenvalue weighted by Gasteiger charge is 2.34. The maximum Gasteiger partial charge on any atom is 0.228 e. The number of nitrogens with zero attached hydrogens (tertiary/aromatic N) is 3. The van der Waals surface area contributed by atoms with Gasteiger partial charge in [0.05, 0.1) is 23.2 Å². The lowest BCUT2D eigenvalue weighted by molar-refractivity contribution is -0.124. The van der Waals surface area contributed by atoms with Crippen molar-refractivity contribution in [1.82, 2.24) is 15.3 Å². The number of carbonyl (C=O) groups excluding carboxylic acids is 1. The van der Waals surface area contributed by atoms with Crippen molar-refractivity contribution in [3.63, 3.8) is 0 Å². The van der Waals surface area contributed by atoms with Gasteiger partial charge in [0.15, 0.2) is 0 Å². The van der Waals surface area contributed by atoms with Crippen LogP contribution in [0.25, 0.3) is 5.57 Å². The van der Waals surface area contributed by atoms with Gasteiger partial charge in [0, 0.05) is 31.8 Å². The van der Waals surface area contributed by atoms with Gasteiger partial charge in [-0.3, -0.25) is 9.79 Å². The molecule has 2 atom stereocenters. The first kappa shape index (κ1) is 32.5. The SMILES string of the molecule is C#Cc1cnc(CC2CCC(C(C(=O)NCc3ccccc3)c3ccc(C4=CC(C)N=C4)cc3)CC2)nc1Cc1ccc2c(c1)CC(=C)C2. The van der Waals surface area contributed by atoms with E-state index in [1.165, 1.54) is 22.3 Å². The minimum atomic E-state index is -0.203. The van der Waals surface area contributed by atoms with Crippen LogP contribution in [0.2, 0.25) is 0 Å². The van der Waals surface area contributed by atoms with Crippen LogP contribution < -0.4 is 5.32 Å². The topological polar surface area (TPSA) is 67.2 Å². The van der Waals surface area contributed by atoms with Crippen LogP contribution in [0.3, 0.4) is 0 Å². The van der Waals surface area contributed by atoms with E-state index in [9.17, 15) is 4.79 Å². The molecule has 5 nitrogen and oxygen atoms in total. The zero-order valence-electron chi connectivity index (χ0n) is 28.4. The summed E-state index contributed by atoms with van der Waals surface area (Å²) in [5.41, 5.74) is 11.4. The minimum absolute atomic E-state index is 0.101. The predicted molar refractivity (Wildman–Crippen MR) is 198 cm³/mol. The molecule has 2 heterocycles. The Balaban J connectivity index is 1.03. The monoisotopic (exact) mass is 644 g/mol. The van der Waals surface area contributed by atoms with E-state index in [1.807, 2.05) is 30.6 Å².